The van der Waals surface area contributed by atoms with E-state index in [1.54, 1.807) is 0 Å². The summed E-state index contributed by atoms with van der Waals surface area (Å²) in [6.45, 7) is 3.17. The van der Waals surface area contributed by atoms with Crippen molar-refractivity contribution in [2.75, 3.05) is 11.4 Å². The highest BCUT2D eigenvalue weighted by Crippen LogP contribution is 2.14. The summed E-state index contributed by atoms with van der Waals surface area (Å²) in [6, 6.07) is 6.01. The minimum absolute atomic E-state index is 0.208. The lowest BCUT2D eigenvalue weighted by atomic mass is 10.2. The Kier molecular flexibility index (Phi) is 3.59. The maximum Gasteiger partial charge on any atom is 0.130 e. The van der Waals surface area contributed by atoms with E-state index >= 15 is 0 Å². The Morgan fingerprint density at radius 2 is 2.31 bits per heavy atom. The lowest BCUT2D eigenvalue weighted by molar-refractivity contribution is 0.614. The van der Waals surface area contributed by atoms with Gasteiger partial charge < -0.3 is 10.2 Å². The van der Waals surface area contributed by atoms with Gasteiger partial charge in [-0.15, -0.1) is 0 Å². The van der Waals surface area contributed by atoms with Gasteiger partial charge in [-0.3, -0.25) is 0 Å². The van der Waals surface area contributed by atoms with Crippen LogP contribution in [0.15, 0.2) is 48.8 Å². The van der Waals surface area contributed by atoms with E-state index in [2.05, 4.69) is 34.3 Å². The fourth-order valence-corrected chi connectivity index (χ4v) is 1.79. The van der Waals surface area contributed by atoms with Crippen LogP contribution in [-0.2, 0) is 0 Å². The lowest BCUT2D eigenvalue weighted by Crippen LogP contribution is -2.44. The third-order valence-corrected chi connectivity index (χ3v) is 2.51. The average Bonchev–Trinajstić information content (AvgIpc) is 2.38. The first-order valence-electron chi connectivity index (χ1n) is 5.69. The van der Waals surface area contributed by atoms with E-state index < -0.39 is 0 Å². The highest BCUT2D eigenvalue weighted by atomic mass is 15.3. The Morgan fingerprint density at radius 1 is 1.38 bits per heavy atom. The van der Waals surface area contributed by atoms with E-state index in [4.69, 9.17) is 0 Å². The molecule has 0 aliphatic carbocycles. The molecule has 84 valence electrons. The first-order valence-corrected chi connectivity index (χ1v) is 5.69. The van der Waals surface area contributed by atoms with E-state index in [0.29, 0.717) is 0 Å². The summed E-state index contributed by atoms with van der Waals surface area (Å²) in [5, 5.41) is 3.32. The van der Waals surface area contributed by atoms with Gasteiger partial charge >= 0.3 is 0 Å². The minimum atomic E-state index is 0.208. The standard InChI is InChI=1S/C13H17N3/c1-2-11-16(12-7-3-5-9-14-12)13-8-4-6-10-15-13/h3-10,12,14H,2,11H2,1H3. The zero-order valence-electron chi connectivity index (χ0n) is 9.50. The summed E-state index contributed by atoms with van der Waals surface area (Å²) in [4.78, 5) is 6.66. The van der Waals surface area contributed by atoms with Crippen LogP contribution in [0.25, 0.3) is 0 Å². The molecule has 2 heterocycles. The van der Waals surface area contributed by atoms with Crippen molar-refractivity contribution < 1.29 is 0 Å². The summed E-state index contributed by atoms with van der Waals surface area (Å²) < 4.78 is 0. The molecule has 0 fully saturated rings. The van der Waals surface area contributed by atoms with E-state index in [0.717, 1.165) is 18.8 Å². The fourth-order valence-electron chi connectivity index (χ4n) is 1.79. The van der Waals surface area contributed by atoms with Gasteiger partial charge in [0.15, 0.2) is 0 Å². The molecular formula is C13H17N3. The summed E-state index contributed by atoms with van der Waals surface area (Å²) >= 11 is 0. The lowest BCUT2D eigenvalue weighted by Gasteiger charge is -2.31. The van der Waals surface area contributed by atoms with Crippen LogP contribution in [0.2, 0.25) is 0 Å². The van der Waals surface area contributed by atoms with Crippen LogP contribution in [0, 0.1) is 0 Å². The molecule has 0 spiro atoms. The highest BCUT2D eigenvalue weighted by Gasteiger charge is 2.15. The fraction of sp³-hybridized carbons (Fsp3) is 0.308. The van der Waals surface area contributed by atoms with Crippen molar-refractivity contribution in [3.05, 3.63) is 48.8 Å². The summed E-state index contributed by atoms with van der Waals surface area (Å²) in [5.41, 5.74) is 0. The zero-order chi connectivity index (χ0) is 11.2. The number of aromatic nitrogens is 1. The zero-order valence-corrected chi connectivity index (χ0v) is 9.50. The number of pyridine rings is 1. The van der Waals surface area contributed by atoms with Crippen LogP contribution >= 0.6 is 0 Å². The SMILES string of the molecule is CCCN(c1ccccn1)C1C=CC=CN1. The third kappa shape index (κ3) is 2.42. The van der Waals surface area contributed by atoms with Gasteiger partial charge in [-0.25, -0.2) is 4.98 Å². The number of nitrogens with one attached hydrogen (secondary N) is 1. The van der Waals surface area contributed by atoms with Crippen LogP contribution in [0.1, 0.15) is 13.3 Å². The quantitative estimate of drug-likeness (QED) is 0.835. The molecule has 1 aromatic rings. The van der Waals surface area contributed by atoms with Crippen LogP contribution in [0.3, 0.4) is 0 Å². The van der Waals surface area contributed by atoms with Crippen molar-refractivity contribution in [1.29, 1.82) is 0 Å². The average molecular weight is 215 g/mol. The molecule has 0 bridgehead atoms. The van der Waals surface area contributed by atoms with Crippen LogP contribution < -0.4 is 10.2 Å². The molecule has 1 unspecified atom stereocenters. The van der Waals surface area contributed by atoms with Gasteiger partial charge in [-0.05, 0) is 36.9 Å². The Labute approximate surface area is 96.5 Å². The summed E-state index contributed by atoms with van der Waals surface area (Å²) in [7, 11) is 0. The smallest absolute Gasteiger partial charge is 0.130 e. The number of allylic oxidation sites excluding steroid dienone is 2. The van der Waals surface area contributed by atoms with Crippen LogP contribution in [0.4, 0.5) is 5.82 Å². The van der Waals surface area contributed by atoms with Crippen molar-refractivity contribution in [2.45, 2.75) is 19.5 Å². The molecule has 2 rings (SSSR count). The van der Waals surface area contributed by atoms with Crippen molar-refractivity contribution in [3.63, 3.8) is 0 Å². The van der Waals surface area contributed by atoms with E-state index in [1.807, 2.05) is 36.7 Å². The van der Waals surface area contributed by atoms with Crippen LogP contribution in [0.5, 0.6) is 0 Å². The molecule has 16 heavy (non-hydrogen) atoms. The number of dihydropyridines is 1. The van der Waals surface area contributed by atoms with Crippen molar-refractivity contribution in [3.8, 4) is 0 Å². The largest absolute Gasteiger partial charge is 0.368 e. The number of hydrogen-bond donors (Lipinski definition) is 1. The highest BCUT2D eigenvalue weighted by molar-refractivity contribution is 5.41. The normalized spacial score (nSPS) is 18.2. The molecule has 1 aliphatic rings. The van der Waals surface area contributed by atoms with Gasteiger partial charge in [0.05, 0.1) is 0 Å². The molecule has 1 N–H and O–H groups in total. The molecule has 0 saturated carbocycles. The molecule has 1 aliphatic heterocycles. The maximum absolute atomic E-state index is 4.40. The number of hydrogen-bond acceptors (Lipinski definition) is 3. The van der Waals surface area contributed by atoms with Gasteiger partial charge in [-0.2, -0.15) is 0 Å². The van der Waals surface area contributed by atoms with Gasteiger partial charge in [0, 0.05) is 12.7 Å². The Morgan fingerprint density at radius 3 is 2.94 bits per heavy atom. The maximum atomic E-state index is 4.40. The molecule has 3 heteroatoms. The molecule has 0 saturated heterocycles. The molecule has 0 aromatic carbocycles. The van der Waals surface area contributed by atoms with Crippen molar-refractivity contribution in [2.24, 2.45) is 0 Å². The van der Waals surface area contributed by atoms with Gasteiger partial charge in [0.1, 0.15) is 12.0 Å². The second-order valence-corrected chi connectivity index (χ2v) is 3.74. The third-order valence-electron chi connectivity index (χ3n) is 2.51. The van der Waals surface area contributed by atoms with E-state index in [1.165, 1.54) is 0 Å². The second-order valence-electron chi connectivity index (χ2n) is 3.74. The molecule has 0 amide bonds. The molecule has 1 atom stereocenters. The molecule has 3 nitrogen and oxygen atoms in total. The predicted octanol–water partition coefficient (Wildman–Crippen LogP) is 2.30. The molecule has 1 aromatic heterocycles. The van der Waals surface area contributed by atoms with Crippen molar-refractivity contribution >= 4 is 5.82 Å². The van der Waals surface area contributed by atoms with E-state index in [9.17, 15) is 0 Å². The second kappa shape index (κ2) is 5.35. The van der Waals surface area contributed by atoms with Crippen LogP contribution in [-0.4, -0.2) is 17.7 Å². The molecule has 0 radical (unpaired) electrons. The topological polar surface area (TPSA) is 28.2 Å². The van der Waals surface area contributed by atoms with Crippen molar-refractivity contribution in [1.82, 2.24) is 10.3 Å². The number of rotatable bonds is 4. The predicted molar refractivity (Wildman–Crippen MR) is 67.1 cm³/mol. The van der Waals surface area contributed by atoms with Gasteiger partial charge in [0.25, 0.3) is 0 Å². The Balaban J connectivity index is 2.17. The monoisotopic (exact) mass is 215 g/mol. The minimum Gasteiger partial charge on any atom is -0.368 e. The number of anilines is 1. The summed E-state index contributed by atoms with van der Waals surface area (Å²) in [6.07, 6.45) is 11.3. The first-order chi connectivity index (χ1) is 7.92. The summed E-state index contributed by atoms with van der Waals surface area (Å²) in [5.74, 6) is 1.02. The van der Waals surface area contributed by atoms with Gasteiger partial charge in [0.2, 0.25) is 0 Å². The van der Waals surface area contributed by atoms with Gasteiger partial charge in [-0.1, -0.05) is 19.1 Å². The Bertz CT molecular complexity index is 370. The number of nitrogens with zero attached hydrogens (tertiary/aromatic N) is 2. The molecular weight excluding hydrogens is 198 g/mol. The Hall–Kier alpha value is -1.77. The van der Waals surface area contributed by atoms with E-state index in [-0.39, 0.29) is 6.17 Å². The first kappa shape index (κ1) is 10.7.